The first-order valence-corrected chi connectivity index (χ1v) is 5.32. The molecule has 0 saturated carbocycles. The quantitative estimate of drug-likeness (QED) is 0.758. The second-order valence-electron chi connectivity index (χ2n) is 3.78. The Kier molecular flexibility index (Phi) is 4.28. The smallest absolute Gasteiger partial charge is 0.194 e. The SMILES string of the molecule is CC(C)N(C)CCCn1cn[nH]c1=S. The average Bonchev–Trinajstić information content (AvgIpc) is 2.51. The van der Waals surface area contributed by atoms with E-state index in [-0.39, 0.29) is 0 Å². The minimum Gasteiger partial charge on any atom is -0.307 e. The highest BCUT2D eigenvalue weighted by atomic mass is 32.1. The van der Waals surface area contributed by atoms with Gasteiger partial charge >= 0.3 is 0 Å². The van der Waals surface area contributed by atoms with E-state index in [4.69, 9.17) is 12.2 Å². The van der Waals surface area contributed by atoms with Gasteiger partial charge in [-0.25, -0.2) is 0 Å². The molecule has 0 bridgehead atoms. The van der Waals surface area contributed by atoms with E-state index in [0.717, 1.165) is 19.5 Å². The summed E-state index contributed by atoms with van der Waals surface area (Å²) >= 11 is 5.05. The molecule has 14 heavy (non-hydrogen) atoms. The highest BCUT2D eigenvalue weighted by Crippen LogP contribution is 1.97. The number of nitrogens with zero attached hydrogens (tertiary/aromatic N) is 3. The lowest BCUT2D eigenvalue weighted by Gasteiger charge is -2.20. The molecule has 0 aliphatic rings. The van der Waals surface area contributed by atoms with Gasteiger partial charge in [-0.3, -0.25) is 5.10 Å². The van der Waals surface area contributed by atoms with Crippen LogP contribution in [-0.4, -0.2) is 39.3 Å². The number of hydrogen-bond acceptors (Lipinski definition) is 3. The van der Waals surface area contributed by atoms with Crippen molar-refractivity contribution in [3.8, 4) is 0 Å². The van der Waals surface area contributed by atoms with E-state index in [1.165, 1.54) is 0 Å². The first-order valence-electron chi connectivity index (χ1n) is 4.91. The molecule has 1 aromatic rings. The molecule has 0 aliphatic carbocycles. The Morgan fingerprint density at radius 2 is 2.36 bits per heavy atom. The van der Waals surface area contributed by atoms with Gasteiger partial charge in [-0.1, -0.05) is 0 Å². The van der Waals surface area contributed by atoms with Crippen molar-refractivity contribution in [3.05, 3.63) is 11.1 Å². The lowest BCUT2D eigenvalue weighted by Crippen LogP contribution is -2.27. The highest BCUT2D eigenvalue weighted by molar-refractivity contribution is 7.71. The zero-order valence-corrected chi connectivity index (χ0v) is 9.84. The molecule has 0 fully saturated rings. The molecule has 1 heterocycles. The molecule has 80 valence electrons. The van der Waals surface area contributed by atoms with Crippen LogP contribution in [-0.2, 0) is 6.54 Å². The minimum atomic E-state index is 0.604. The van der Waals surface area contributed by atoms with Crippen LogP contribution in [0.5, 0.6) is 0 Å². The summed E-state index contributed by atoms with van der Waals surface area (Å²) in [6, 6.07) is 0.604. The summed E-state index contributed by atoms with van der Waals surface area (Å²) in [5.74, 6) is 0. The topological polar surface area (TPSA) is 36.9 Å². The van der Waals surface area contributed by atoms with Gasteiger partial charge in [0.25, 0.3) is 0 Å². The molecule has 0 amide bonds. The monoisotopic (exact) mass is 214 g/mol. The van der Waals surface area contributed by atoms with E-state index in [2.05, 4.69) is 36.0 Å². The van der Waals surface area contributed by atoms with Crippen molar-refractivity contribution < 1.29 is 0 Å². The van der Waals surface area contributed by atoms with Gasteiger partial charge in [0, 0.05) is 12.6 Å². The van der Waals surface area contributed by atoms with Crippen molar-refractivity contribution in [1.29, 1.82) is 0 Å². The maximum atomic E-state index is 5.05. The standard InChI is InChI=1S/C9H18N4S/c1-8(2)12(3)5-4-6-13-7-10-11-9(13)14/h7-8H,4-6H2,1-3H3,(H,11,14). The zero-order valence-electron chi connectivity index (χ0n) is 9.03. The normalized spacial score (nSPS) is 11.5. The van der Waals surface area contributed by atoms with Crippen LogP contribution in [0.1, 0.15) is 20.3 Å². The van der Waals surface area contributed by atoms with Crippen LogP contribution in [0.3, 0.4) is 0 Å². The molecule has 4 nitrogen and oxygen atoms in total. The molecule has 0 atom stereocenters. The van der Waals surface area contributed by atoms with E-state index >= 15 is 0 Å². The number of rotatable bonds is 5. The third-order valence-electron chi connectivity index (χ3n) is 2.41. The number of aryl methyl sites for hydroxylation is 1. The maximum absolute atomic E-state index is 5.05. The summed E-state index contributed by atoms with van der Waals surface area (Å²) in [7, 11) is 2.14. The van der Waals surface area contributed by atoms with E-state index in [1.807, 2.05) is 4.57 Å². The molecule has 0 saturated heterocycles. The Labute approximate surface area is 89.9 Å². The van der Waals surface area contributed by atoms with Crippen LogP contribution in [0.4, 0.5) is 0 Å². The molecular weight excluding hydrogens is 196 g/mol. The molecule has 1 aromatic heterocycles. The van der Waals surface area contributed by atoms with E-state index in [1.54, 1.807) is 6.33 Å². The number of aromatic nitrogens is 3. The van der Waals surface area contributed by atoms with Crippen molar-refractivity contribution in [2.75, 3.05) is 13.6 Å². The van der Waals surface area contributed by atoms with Gasteiger partial charge in [0.15, 0.2) is 4.77 Å². The highest BCUT2D eigenvalue weighted by Gasteiger charge is 2.02. The van der Waals surface area contributed by atoms with Gasteiger partial charge in [-0.05, 0) is 46.1 Å². The van der Waals surface area contributed by atoms with Crippen LogP contribution >= 0.6 is 12.2 Å². The van der Waals surface area contributed by atoms with Crippen LogP contribution in [0.2, 0.25) is 0 Å². The molecule has 0 aliphatic heterocycles. The lowest BCUT2D eigenvalue weighted by molar-refractivity contribution is 0.265. The number of H-pyrrole nitrogens is 1. The van der Waals surface area contributed by atoms with Crippen LogP contribution in [0, 0.1) is 4.77 Å². The predicted octanol–water partition coefficient (Wildman–Crippen LogP) is 1.67. The van der Waals surface area contributed by atoms with Crippen LogP contribution < -0.4 is 0 Å². The van der Waals surface area contributed by atoms with Crippen LogP contribution in [0.15, 0.2) is 6.33 Å². The second-order valence-corrected chi connectivity index (χ2v) is 4.17. The third kappa shape index (κ3) is 3.23. The Balaban J connectivity index is 2.29. The van der Waals surface area contributed by atoms with Gasteiger partial charge in [0.1, 0.15) is 6.33 Å². The van der Waals surface area contributed by atoms with Crippen molar-refractivity contribution in [1.82, 2.24) is 19.7 Å². The van der Waals surface area contributed by atoms with Crippen molar-refractivity contribution >= 4 is 12.2 Å². The van der Waals surface area contributed by atoms with Crippen molar-refractivity contribution in [3.63, 3.8) is 0 Å². The number of nitrogens with one attached hydrogen (secondary N) is 1. The fourth-order valence-electron chi connectivity index (χ4n) is 1.18. The second kappa shape index (κ2) is 5.26. The molecule has 0 radical (unpaired) electrons. The zero-order chi connectivity index (χ0) is 10.6. The number of hydrogen-bond donors (Lipinski definition) is 1. The van der Waals surface area contributed by atoms with Gasteiger partial charge in [-0.15, -0.1) is 0 Å². The number of aromatic amines is 1. The van der Waals surface area contributed by atoms with E-state index in [9.17, 15) is 0 Å². The average molecular weight is 214 g/mol. The summed E-state index contributed by atoms with van der Waals surface area (Å²) in [4.78, 5) is 2.32. The van der Waals surface area contributed by atoms with E-state index in [0.29, 0.717) is 10.8 Å². The predicted molar refractivity (Wildman–Crippen MR) is 59.8 cm³/mol. The van der Waals surface area contributed by atoms with Gasteiger partial charge in [0.2, 0.25) is 0 Å². The Hall–Kier alpha value is -0.680. The summed E-state index contributed by atoms with van der Waals surface area (Å²) in [5, 5.41) is 6.62. The molecule has 1 rings (SSSR count). The third-order valence-corrected chi connectivity index (χ3v) is 2.74. The summed E-state index contributed by atoms with van der Waals surface area (Å²) in [6.07, 6.45) is 2.85. The van der Waals surface area contributed by atoms with Gasteiger partial charge in [0.05, 0.1) is 0 Å². The first kappa shape index (κ1) is 11.4. The molecule has 0 unspecified atom stereocenters. The lowest BCUT2D eigenvalue weighted by atomic mass is 10.3. The summed E-state index contributed by atoms with van der Waals surface area (Å²) in [5.41, 5.74) is 0. The largest absolute Gasteiger partial charge is 0.307 e. The first-order chi connectivity index (χ1) is 6.61. The fraction of sp³-hybridized carbons (Fsp3) is 0.778. The van der Waals surface area contributed by atoms with E-state index < -0.39 is 0 Å². The Bertz CT molecular complexity index is 315. The van der Waals surface area contributed by atoms with Crippen molar-refractivity contribution in [2.24, 2.45) is 0 Å². The molecule has 0 spiro atoms. The molecule has 1 N–H and O–H groups in total. The summed E-state index contributed by atoms with van der Waals surface area (Å²) in [6.45, 7) is 6.42. The van der Waals surface area contributed by atoms with Gasteiger partial charge < -0.3 is 9.47 Å². The van der Waals surface area contributed by atoms with Crippen LogP contribution in [0.25, 0.3) is 0 Å². The van der Waals surface area contributed by atoms with Gasteiger partial charge in [-0.2, -0.15) is 5.10 Å². The Morgan fingerprint density at radius 3 is 2.86 bits per heavy atom. The maximum Gasteiger partial charge on any atom is 0.194 e. The minimum absolute atomic E-state index is 0.604. The van der Waals surface area contributed by atoms with Crippen molar-refractivity contribution in [2.45, 2.75) is 32.9 Å². The molecule has 5 heteroatoms. The molecule has 0 aromatic carbocycles. The summed E-state index contributed by atoms with van der Waals surface area (Å²) < 4.78 is 2.67. The Morgan fingerprint density at radius 1 is 1.64 bits per heavy atom. The molecular formula is C9H18N4S. The fourth-order valence-corrected chi connectivity index (χ4v) is 1.37.